The molecule has 0 radical (unpaired) electrons. The van der Waals surface area contributed by atoms with Crippen LogP contribution in [-0.4, -0.2) is 25.4 Å². The smallest absolute Gasteiger partial charge is 0.157 e. The lowest BCUT2D eigenvalue weighted by Gasteiger charge is -2.22. The lowest BCUT2D eigenvalue weighted by molar-refractivity contribution is -0.162. The molecule has 1 heterocycles. The molecule has 1 saturated heterocycles. The first-order valence-electron chi connectivity index (χ1n) is 5.37. The first-order valence-corrected chi connectivity index (χ1v) is 5.91. The van der Waals surface area contributed by atoms with Crippen LogP contribution in [0.4, 0.5) is 0 Å². The van der Waals surface area contributed by atoms with Gasteiger partial charge in [-0.25, -0.2) is 0 Å². The molecule has 2 nitrogen and oxygen atoms in total. The zero-order valence-corrected chi connectivity index (χ0v) is 9.34. The molecule has 0 saturated carbocycles. The SMILES string of the molecule is ClC/C=C/CCCOC1CCCCO1. The summed E-state index contributed by atoms with van der Waals surface area (Å²) in [6, 6.07) is 0. The van der Waals surface area contributed by atoms with E-state index in [0.29, 0.717) is 5.88 Å². The summed E-state index contributed by atoms with van der Waals surface area (Å²) in [7, 11) is 0. The number of ether oxygens (including phenoxy) is 2. The summed E-state index contributed by atoms with van der Waals surface area (Å²) < 4.78 is 11.0. The standard InChI is InChI=1S/C11H19ClO2/c12-8-4-1-2-5-9-13-11-7-3-6-10-14-11/h1,4,11H,2-3,5-10H2/b4-1+. The zero-order valence-electron chi connectivity index (χ0n) is 8.58. The Morgan fingerprint density at radius 1 is 1.36 bits per heavy atom. The van der Waals surface area contributed by atoms with Crippen molar-refractivity contribution in [1.82, 2.24) is 0 Å². The highest BCUT2D eigenvalue weighted by Crippen LogP contribution is 2.13. The van der Waals surface area contributed by atoms with Gasteiger partial charge in [-0.2, -0.15) is 0 Å². The van der Waals surface area contributed by atoms with Gasteiger partial charge in [-0.05, 0) is 32.1 Å². The molecule has 1 aliphatic rings. The average Bonchev–Trinajstić information content (AvgIpc) is 2.25. The minimum Gasteiger partial charge on any atom is -0.353 e. The lowest BCUT2D eigenvalue weighted by atomic mass is 10.2. The Morgan fingerprint density at radius 2 is 2.29 bits per heavy atom. The minimum atomic E-state index is 0.0563. The van der Waals surface area contributed by atoms with Crippen LogP contribution in [0.5, 0.6) is 0 Å². The molecule has 1 unspecified atom stereocenters. The van der Waals surface area contributed by atoms with Crippen molar-refractivity contribution in [3.8, 4) is 0 Å². The quantitative estimate of drug-likeness (QED) is 0.388. The summed E-state index contributed by atoms with van der Waals surface area (Å²) >= 11 is 5.50. The fourth-order valence-electron chi connectivity index (χ4n) is 1.44. The monoisotopic (exact) mass is 218 g/mol. The number of halogens is 1. The fraction of sp³-hybridized carbons (Fsp3) is 0.818. The second-order valence-electron chi connectivity index (χ2n) is 3.43. The molecule has 0 aromatic heterocycles. The van der Waals surface area contributed by atoms with Gasteiger partial charge in [0.2, 0.25) is 0 Å². The van der Waals surface area contributed by atoms with Crippen LogP contribution in [0, 0.1) is 0 Å². The van der Waals surface area contributed by atoms with Gasteiger partial charge in [0.15, 0.2) is 6.29 Å². The summed E-state index contributed by atoms with van der Waals surface area (Å²) in [5.74, 6) is 0.604. The van der Waals surface area contributed by atoms with E-state index in [1.54, 1.807) is 0 Å². The van der Waals surface area contributed by atoms with Gasteiger partial charge in [0, 0.05) is 12.5 Å². The second kappa shape index (κ2) is 8.27. The Kier molecular flexibility index (Phi) is 7.10. The van der Waals surface area contributed by atoms with E-state index in [2.05, 4.69) is 6.08 Å². The summed E-state index contributed by atoms with van der Waals surface area (Å²) in [6.07, 6.45) is 9.68. The highest BCUT2D eigenvalue weighted by Gasteiger charge is 2.12. The van der Waals surface area contributed by atoms with Gasteiger partial charge < -0.3 is 9.47 Å². The van der Waals surface area contributed by atoms with E-state index in [4.69, 9.17) is 21.1 Å². The van der Waals surface area contributed by atoms with Crippen molar-refractivity contribution in [2.75, 3.05) is 19.1 Å². The topological polar surface area (TPSA) is 18.5 Å². The Morgan fingerprint density at radius 3 is 3.00 bits per heavy atom. The maximum Gasteiger partial charge on any atom is 0.157 e. The molecule has 3 heteroatoms. The van der Waals surface area contributed by atoms with Gasteiger partial charge in [-0.1, -0.05) is 12.2 Å². The number of hydrogen-bond acceptors (Lipinski definition) is 2. The Hall–Kier alpha value is -0.0500. The highest BCUT2D eigenvalue weighted by molar-refractivity contribution is 6.18. The molecule has 0 spiro atoms. The zero-order chi connectivity index (χ0) is 10.1. The normalized spacial score (nSPS) is 23.1. The first-order chi connectivity index (χ1) is 6.93. The number of alkyl halides is 1. The van der Waals surface area contributed by atoms with E-state index >= 15 is 0 Å². The van der Waals surface area contributed by atoms with Crippen molar-refractivity contribution in [2.24, 2.45) is 0 Å². The first kappa shape index (κ1) is 12.0. The molecule has 82 valence electrons. The summed E-state index contributed by atoms with van der Waals surface area (Å²) in [6.45, 7) is 1.65. The van der Waals surface area contributed by atoms with Crippen LogP contribution in [-0.2, 0) is 9.47 Å². The predicted molar refractivity (Wildman–Crippen MR) is 58.6 cm³/mol. The number of allylic oxidation sites excluding steroid dienone is 2. The summed E-state index contributed by atoms with van der Waals surface area (Å²) in [5, 5.41) is 0. The number of unbranched alkanes of at least 4 members (excludes halogenated alkanes) is 1. The molecule has 0 amide bonds. The average molecular weight is 219 g/mol. The van der Waals surface area contributed by atoms with Crippen molar-refractivity contribution in [1.29, 1.82) is 0 Å². The van der Waals surface area contributed by atoms with Crippen molar-refractivity contribution in [3.63, 3.8) is 0 Å². The minimum absolute atomic E-state index is 0.0563. The summed E-state index contributed by atoms with van der Waals surface area (Å²) in [5.41, 5.74) is 0. The maximum absolute atomic E-state index is 5.57. The molecule has 0 aliphatic carbocycles. The Bertz CT molecular complexity index is 153. The third-order valence-electron chi connectivity index (χ3n) is 2.21. The van der Waals surface area contributed by atoms with Crippen molar-refractivity contribution >= 4 is 11.6 Å². The van der Waals surface area contributed by atoms with Gasteiger partial charge >= 0.3 is 0 Å². The molecule has 1 rings (SSSR count). The van der Waals surface area contributed by atoms with Crippen LogP contribution in [0.3, 0.4) is 0 Å². The van der Waals surface area contributed by atoms with Gasteiger partial charge in [0.1, 0.15) is 0 Å². The van der Waals surface area contributed by atoms with Gasteiger partial charge in [0.25, 0.3) is 0 Å². The van der Waals surface area contributed by atoms with Crippen LogP contribution in [0.25, 0.3) is 0 Å². The molecular formula is C11H19ClO2. The lowest BCUT2D eigenvalue weighted by Crippen LogP contribution is -2.22. The van der Waals surface area contributed by atoms with Gasteiger partial charge in [0.05, 0.1) is 6.61 Å². The van der Waals surface area contributed by atoms with Crippen LogP contribution < -0.4 is 0 Å². The van der Waals surface area contributed by atoms with E-state index in [1.165, 1.54) is 12.8 Å². The molecule has 1 atom stereocenters. The van der Waals surface area contributed by atoms with Crippen LogP contribution in [0.2, 0.25) is 0 Å². The van der Waals surface area contributed by atoms with Gasteiger partial charge in [-0.15, -0.1) is 11.6 Å². The molecule has 1 fully saturated rings. The van der Waals surface area contributed by atoms with E-state index in [-0.39, 0.29) is 6.29 Å². The van der Waals surface area contributed by atoms with Crippen molar-refractivity contribution < 1.29 is 9.47 Å². The van der Waals surface area contributed by atoms with Crippen LogP contribution in [0.15, 0.2) is 12.2 Å². The molecule has 0 bridgehead atoms. The van der Waals surface area contributed by atoms with Gasteiger partial charge in [-0.3, -0.25) is 0 Å². The van der Waals surface area contributed by atoms with Crippen molar-refractivity contribution in [3.05, 3.63) is 12.2 Å². The second-order valence-corrected chi connectivity index (χ2v) is 3.74. The molecule has 0 N–H and O–H groups in total. The molecule has 0 aromatic carbocycles. The molecular weight excluding hydrogens is 200 g/mol. The molecule has 0 aromatic rings. The van der Waals surface area contributed by atoms with Crippen LogP contribution in [0.1, 0.15) is 32.1 Å². The molecule has 14 heavy (non-hydrogen) atoms. The van der Waals surface area contributed by atoms with E-state index < -0.39 is 0 Å². The van der Waals surface area contributed by atoms with Crippen LogP contribution >= 0.6 is 11.6 Å². The third-order valence-corrected chi connectivity index (χ3v) is 2.39. The van der Waals surface area contributed by atoms with E-state index in [1.807, 2.05) is 6.08 Å². The summed E-state index contributed by atoms with van der Waals surface area (Å²) in [4.78, 5) is 0. The Labute approximate surface area is 91.2 Å². The predicted octanol–water partition coefficient (Wildman–Crippen LogP) is 3.10. The third kappa shape index (κ3) is 5.63. The van der Waals surface area contributed by atoms with E-state index in [9.17, 15) is 0 Å². The number of hydrogen-bond donors (Lipinski definition) is 0. The Balaban J connectivity index is 1.89. The highest BCUT2D eigenvalue weighted by atomic mass is 35.5. The largest absolute Gasteiger partial charge is 0.353 e. The van der Waals surface area contributed by atoms with Crippen molar-refractivity contribution in [2.45, 2.75) is 38.4 Å². The van der Waals surface area contributed by atoms with E-state index in [0.717, 1.165) is 32.5 Å². The molecule has 1 aliphatic heterocycles. The maximum atomic E-state index is 5.57. The number of rotatable bonds is 6. The fourth-order valence-corrected chi connectivity index (χ4v) is 1.57.